The minimum Gasteiger partial charge on any atom is -0.462 e. The molecule has 0 radical (unpaired) electrons. The highest BCUT2D eigenvalue weighted by Gasteiger charge is 2.16. The largest absolute Gasteiger partial charge is 0.462 e. The normalized spacial score (nSPS) is 12.4. The van der Waals surface area contributed by atoms with Gasteiger partial charge in [0.2, 0.25) is 0 Å². The summed E-state index contributed by atoms with van der Waals surface area (Å²) in [6, 6.07) is 0. The standard InChI is InChI=1S/C35H64O5/c1-3-5-7-9-11-13-15-16-17-18-20-22-24-26-28-30-35(38)40-33(31-36)32-39-34(37)29-27-25-23-21-19-14-12-10-8-6-4-2/h11,13,16-17,33,36H,3-10,12,14-15,18-32H2,1-2H3/b13-11+,17-16+/t33-/m0/s1. The quantitative estimate of drug-likeness (QED) is 0.0534. The maximum atomic E-state index is 12.1. The predicted molar refractivity (Wildman–Crippen MR) is 168 cm³/mol. The molecular weight excluding hydrogens is 500 g/mol. The first-order valence-electron chi connectivity index (χ1n) is 16.9. The molecule has 0 aromatic heterocycles. The first kappa shape index (κ1) is 38.4. The number of rotatable bonds is 30. The van der Waals surface area contributed by atoms with Crippen molar-refractivity contribution in [3.05, 3.63) is 24.3 Å². The Morgan fingerprint density at radius 1 is 0.575 bits per heavy atom. The van der Waals surface area contributed by atoms with Crippen molar-refractivity contribution >= 4 is 11.9 Å². The maximum Gasteiger partial charge on any atom is 0.306 e. The van der Waals surface area contributed by atoms with Gasteiger partial charge in [-0.05, 0) is 44.9 Å². The first-order chi connectivity index (χ1) is 19.6. The summed E-state index contributed by atoms with van der Waals surface area (Å²) in [5, 5.41) is 9.49. The van der Waals surface area contributed by atoms with E-state index in [1.165, 1.54) is 89.9 Å². The molecule has 5 nitrogen and oxygen atoms in total. The Morgan fingerprint density at radius 2 is 1.00 bits per heavy atom. The Morgan fingerprint density at radius 3 is 1.52 bits per heavy atom. The van der Waals surface area contributed by atoms with Crippen LogP contribution in [-0.2, 0) is 19.1 Å². The minimum atomic E-state index is -0.772. The second kappa shape index (κ2) is 31.9. The number of allylic oxidation sites excluding steroid dienone is 4. The van der Waals surface area contributed by atoms with E-state index in [-0.39, 0.29) is 25.2 Å². The molecule has 0 aliphatic rings. The SMILES string of the molecule is CCCCC/C=C/C/C=C/CCCCCCCC(=O)O[C@@H](CO)COC(=O)CCCCCCCCCCCCC. The molecule has 0 spiro atoms. The van der Waals surface area contributed by atoms with Gasteiger partial charge in [-0.3, -0.25) is 9.59 Å². The van der Waals surface area contributed by atoms with Crippen LogP contribution in [0, 0.1) is 0 Å². The smallest absolute Gasteiger partial charge is 0.306 e. The number of hydrogen-bond acceptors (Lipinski definition) is 5. The molecule has 40 heavy (non-hydrogen) atoms. The third kappa shape index (κ3) is 29.4. The van der Waals surface area contributed by atoms with Crippen molar-refractivity contribution in [1.29, 1.82) is 0 Å². The van der Waals surface area contributed by atoms with E-state index in [0.717, 1.165) is 51.4 Å². The van der Waals surface area contributed by atoms with Gasteiger partial charge in [-0.25, -0.2) is 0 Å². The van der Waals surface area contributed by atoms with Crippen LogP contribution in [0.2, 0.25) is 0 Å². The number of ether oxygens (including phenoxy) is 2. The van der Waals surface area contributed by atoms with E-state index in [0.29, 0.717) is 12.8 Å². The topological polar surface area (TPSA) is 72.8 Å². The summed E-state index contributed by atoms with van der Waals surface area (Å²) in [6.45, 7) is 4.08. The molecule has 1 atom stereocenters. The molecular formula is C35H64O5. The third-order valence-electron chi connectivity index (χ3n) is 7.25. The van der Waals surface area contributed by atoms with Crippen molar-refractivity contribution in [3.8, 4) is 0 Å². The van der Waals surface area contributed by atoms with Crippen LogP contribution in [0.4, 0.5) is 0 Å². The van der Waals surface area contributed by atoms with Gasteiger partial charge in [-0.1, -0.05) is 134 Å². The molecule has 0 fully saturated rings. The molecule has 0 unspecified atom stereocenters. The van der Waals surface area contributed by atoms with Crippen molar-refractivity contribution in [1.82, 2.24) is 0 Å². The van der Waals surface area contributed by atoms with Crippen LogP contribution >= 0.6 is 0 Å². The van der Waals surface area contributed by atoms with Gasteiger partial charge in [0.05, 0.1) is 6.61 Å². The van der Waals surface area contributed by atoms with Gasteiger partial charge in [0, 0.05) is 12.8 Å². The molecule has 234 valence electrons. The van der Waals surface area contributed by atoms with Crippen molar-refractivity contribution in [2.45, 2.75) is 174 Å². The van der Waals surface area contributed by atoms with Crippen molar-refractivity contribution in [2.24, 2.45) is 0 Å². The maximum absolute atomic E-state index is 12.1. The lowest BCUT2D eigenvalue weighted by molar-refractivity contribution is -0.161. The highest BCUT2D eigenvalue weighted by molar-refractivity contribution is 5.70. The summed E-state index contributed by atoms with van der Waals surface area (Å²) in [6.07, 6.45) is 35.1. The zero-order valence-corrected chi connectivity index (χ0v) is 26.4. The monoisotopic (exact) mass is 564 g/mol. The summed E-state index contributed by atoms with van der Waals surface area (Å²) < 4.78 is 10.5. The predicted octanol–water partition coefficient (Wildman–Crippen LogP) is 9.95. The van der Waals surface area contributed by atoms with Gasteiger partial charge < -0.3 is 14.6 Å². The summed E-state index contributed by atoms with van der Waals surface area (Å²) in [4.78, 5) is 24.1. The molecule has 0 aliphatic carbocycles. The fourth-order valence-corrected chi connectivity index (χ4v) is 4.64. The molecule has 0 saturated heterocycles. The van der Waals surface area contributed by atoms with E-state index in [4.69, 9.17) is 9.47 Å². The molecule has 0 heterocycles. The average molecular weight is 565 g/mol. The third-order valence-corrected chi connectivity index (χ3v) is 7.25. The lowest BCUT2D eigenvalue weighted by Crippen LogP contribution is -2.28. The van der Waals surface area contributed by atoms with E-state index >= 15 is 0 Å². The number of esters is 2. The van der Waals surface area contributed by atoms with Crippen LogP contribution in [0.1, 0.15) is 168 Å². The molecule has 0 aromatic rings. The lowest BCUT2D eigenvalue weighted by Gasteiger charge is -2.15. The Labute approximate surface area is 247 Å². The van der Waals surface area contributed by atoms with Crippen LogP contribution in [0.15, 0.2) is 24.3 Å². The second-order valence-corrected chi connectivity index (χ2v) is 11.2. The fraction of sp³-hybridized carbons (Fsp3) is 0.829. The molecule has 5 heteroatoms. The van der Waals surface area contributed by atoms with Crippen molar-refractivity contribution < 1.29 is 24.2 Å². The molecule has 0 aromatic carbocycles. The fourth-order valence-electron chi connectivity index (χ4n) is 4.64. The molecule has 0 rings (SSSR count). The average Bonchev–Trinajstić information content (AvgIpc) is 2.96. The van der Waals surface area contributed by atoms with E-state index in [1.54, 1.807) is 0 Å². The number of carbonyl (C=O) groups excluding carboxylic acids is 2. The van der Waals surface area contributed by atoms with Crippen LogP contribution < -0.4 is 0 Å². The highest BCUT2D eigenvalue weighted by atomic mass is 16.6. The van der Waals surface area contributed by atoms with Gasteiger partial charge >= 0.3 is 11.9 Å². The van der Waals surface area contributed by atoms with Gasteiger partial charge in [-0.2, -0.15) is 0 Å². The molecule has 0 bridgehead atoms. The van der Waals surface area contributed by atoms with Crippen LogP contribution in [0.3, 0.4) is 0 Å². The van der Waals surface area contributed by atoms with Gasteiger partial charge in [0.15, 0.2) is 6.10 Å². The first-order valence-corrected chi connectivity index (χ1v) is 16.9. The van der Waals surface area contributed by atoms with Crippen molar-refractivity contribution in [3.63, 3.8) is 0 Å². The van der Waals surface area contributed by atoms with Gasteiger partial charge in [0.1, 0.15) is 6.61 Å². The summed E-state index contributed by atoms with van der Waals surface area (Å²) in [5.74, 6) is -0.606. The van der Waals surface area contributed by atoms with E-state index in [1.807, 2.05) is 0 Å². The number of aliphatic hydroxyl groups excluding tert-OH is 1. The Bertz CT molecular complexity index is 613. The number of aliphatic hydroxyl groups is 1. The molecule has 0 saturated carbocycles. The van der Waals surface area contributed by atoms with E-state index < -0.39 is 6.10 Å². The Balaban J connectivity index is 3.61. The minimum absolute atomic E-state index is 0.0682. The summed E-state index contributed by atoms with van der Waals surface area (Å²) >= 11 is 0. The highest BCUT2D eigenvalue weighted by Crippen LogP contribution is 2.13. The Kier molecular flexibility index (Phi) is 30.6. The zero-order valence-electron chi connectivity index (χ0n) is 26.4. The number of hydrogen-bond donors (Lipinski definition) is 1. The van der Waals surface area contributed by atoms with Crippen molar-refractivity contribution in [2.75, 3.05) is 13.2 Å². The zero-order chi connectivity index (χ0) is 29.4. The van der Waals surface area contributed by atoms with Crippen LogP contribution in [-0.4, -0.2) is 36.4 Å². The summed E-state index contributed by atoms with van der Waals surface area (Å²) in [5.41, 5.74) is 0. The van der Waals surface area contributed by atoms with Crippen LogP contribution in [0.5, 0.6) is 0 Å². The van der Waals surface area contributed by atoms with E-state index in [2.05, 4.69) is 38.2 Å². The lowest BCUT2D eigenvalue weighted by atomic mass is 10.1. The molecule has 0 aliphatic heterocycles. The van der Waals surface area contributed by atoms with E-state index in [9.17, 15) is 14.7 Å². The second-order valence-electron chi connectivity index (χ2n) is 11.2. The van der Waals surface area contributed by atoms with Crippen LogP contribution in [0.25, 0.3) is 0 Å². The summed E-state index contributed by atoms with van der Waals surface area (Å²) in [7, 11) is 0. The molecule has 0 amide bonds. The molecule has 1 N–H and O–H groups in total. The van der Waals surface area contributed by atoms with Gasteiger partial charge in [-0.15, -0.1) is 0 Å². The number of unbranched alkanes of at least 4 members (excludes halogenated alkanes) is 18. The number of carbonyl (C=O) groups is 2. The Hall–Kier alpha value is -1.62. The van der Waals surface area contributed by atoms with Gasteiger partial charge in [0.25, 0.3) is 0 Å².